The van der Waals surface area contributed by atoms with Gasteiger partial charge in [-0.05, 0) is 25.3 Å². The molecule has 0 bridgehead atoms. The zero-order valence-corrected chi connectivity index (χ0v) is 11.4. The van der Waals surface area contributed by atoms with Crippen LogP contribution in [0.5, 0.6) is 0 Å². The van der Waals surface area contributed by atoms with Gasteiger partial charge >= 0.3 is 0 Å². The minimum absolute atomic E-state index is 0. The first-order valence-electron chi connectivity index (χ1n) is 4.63. The zero-order valence-electron chi connectivity index (χ0n) is 8.88. The molecule has 0 heterocycles. The lowest BCUT2D eigenvalue weighted by molar-refractivity contribution is 0.250. The summed E-state index contributed by atoms with van der Waals surface area (Å²) >= 11 is 0. The van der Waals surface area contributed by atoms with Crippen molar-refractivity contribution >= 4 is 29.4 Å². The molecule has 2 nitrogen and oxygen atoms in total. The van der Waals surface area contributed by atoms with Gasteiger partial charge in [0.15, 0.2) is 0 Å². The van der Waals surface area contributed by atoms with Gasteiger partial charge in [-0.3, -0.25) is 0 Å². The van der Waals surface area contributed by atoms with E-state index in [0.29, 0.717) is 12.5 Å². The molecule has 0 rings (SSSR count). The van der Waals surface area contributed by atoms with Crippen molar-refractivity contribution in [1.29, 1.82) is 0 Å². The minimum atomic E-state index is -0.0243. The first-order chi connectivity index (χ1) is 5.14. The SMILES string of the molecule is Br.CCC(CN)C(N)(CC)CC.Cl. The highest BCUT2D eigenvalue weighted by atomic mass is 79.9. The summed E-state index contributed by atoms with van der Waals surface area (Å²) in [4.78, 5) is 0. The molecule has 0 saturated heterocycles. The molecule has 0 aliphatic heterocycles. The summed E-state index contributed by atoms with van der Waals surface area (Å²) < 4.78 is 0. The molecule has 0 aliphatic rings. The first kappa shape index (κ1) is 19.3. The second-order valence-electron chi connectivity index (χ2n) is 3.28. The monoisotopic (exact) mass is 274 g/mol. The van der Waals surface area contributed by atoms with Crippen molar-refractivity contribution in [3.63, 3.8) is 0 Å². The Bertz CT molecular complexity index is 104. The molecule has 0 fully saturated rings. The molecule has 0 amide bonds. The predicted octanol–water partition coefficient (Wildman–Crippen LogP) is 2.49. The van der Waals surface area contributed by atoms with Crippen molar-refractivity contribution < 1.29 is 0 Å². The van der Waals surface area contributed by atoms with Crippen LogP contribution in [0.1, 0.15) is 40.0 Å². The number of halogens is 2. The van der Waals surface area contributed by atoms with Gasteiger partial charge in [0.2, 0.25) is 0 Å². The molecule has 0 aromatic rings. The summed E-state index contributed by atoms with van der Waals surface area (Å²) in [5, 5.41) is 0. The Balaban J connectivity index is -0.000000500. The molecule has 0 aliphatic carbocycles. The maximum absolute atomic E-state index is 6.18. The molecular formula is C9H24BrClN2. The maximum Gasteiger partial charge on any atom is 0.0189 e. The van der Waals surface area contributed by atoms with Crippen molar-refractivity contribution in [3.8, 4) is 0 Å². The third-order valence-corrected chi connectivity index (χ3v) is 2.91. The van der Waals surface area contributed by atoms with Crippen molar-refractivity contribution in [3.05, 3.63) is 0 Å². The topological polar surface area (TPSA) is 52.0 Å². The second-order valence-corrected chi connectivity index (χ2v) is 3.28. The highest BCUT2D eigenvalue weighted by molar-refractivity contribution is 8.93. The molecule has 0 aromatic heterocycles. The summed E-state index contributed by atoms with van der Waals surface area (Å²) in [6.07, 6.45) is 3.15. The third kappa shape index (κ3) is 5.21. The van der Waals surface area contributed by atoms with E-state index in [1.54, 1.807) is 0 Å². The fraction of sp³-hybridized carbons (Fsp3) is 1.00. The predicted molar refractivity (Wildman–Crippen MR) is 67.9 cm³/mol. The van der Waals surface area contributed by atoms with E-state index in [9.17, 15) is 0 Å². The Kier molecular flexibility index (Phi) is 13.7. The summed E-state index contributed by atoms with van der Waals surface area (Å²) in [6.45, 7) is 7.16. The Morgan fingerprint density at radius 3 is 1.62 bits per heavy atom. The molecular weight excluding hydrogens is 251 g/mol. The largest absolute Gasteiger partial charge is 0.330 e. The van der Waals surface area contributed by atoms with Gasteiger partial charge in [-0.2, -0.15) is 0 Å². The number of hydrogen-bond acceptors (Lipinski definition) is 2. The Hall–Kier alpha value is 0.690. The van der Waals surface area contributed by atoms with Crippen molar-refractivity contribution in [2.24, 2.45) is 17.4 Å². The number of nitrogens with two attached hydrogens (primary N) is 2. The molecule has 1 atom stereocenters. The normalized spacial score (nSPS) is 12.7. The highest BCUT2D eigenvalue weighted by Crippen LogP contribution is 2.23. The standard InChI is InChI=1S/C9H22N2.BrH.ClH/c1-4-8(7-10)9(11,5-2)6-3;;/h8H,4-7,10-11H2,1-3H3;2*1H. The van der Waals surface area contributed by atoms with E-state index in [-0.39, 0.29) is 34.9 Å². The zero-order chi connectivity index (χ0) is 8.91. The first-order valence-corrected chi connectivity index (χ1v) is 4.63. The molecule has 84 valence electrons. The minimum Gasteiger partial charge on any atom is -0.330 e. The molecule has 13 heavy (non-hydrogen) atoms. The average Bonchev–Trinajstić information content (AvgIpc) is 2.06. The van der Waals surface area contributed by atoms with E-state index in [2.05, 4.69) is 20.8 Å². The highest BCUT2D eigenvalue weighted by Gasteiger charge is 2.28. The van der Waals surface area contributed by atoms with E-state index in [1.807, 2.05) is 0 Å². The van der Waals surface area contributed by atoms with Gasteiger partial charge in [0.05, 0.1) is 0 Å². The van der Waals surface area contributed by atoms with E-state index >= 15 is 0 Å². The van der Waals surface area contributed by atoms with E-state index < -0.39 is 0 Å². The van der Waals surface area contributed by atoms with Crippen LogP contribution in [0.2, 0.25) is 0 Å². The second kappa shape index (κ2) is 9.25. The average molecular weight is 276 g/mol. The Labute approximate surface area is 99.0 Å². The third-order valence-electron chi connectivity index (χ3n) is 2.91. The molecule has 4 heteroatoms. The number of rotatable bonds is 5. The van der Waals surface area contributed by atoms with Crippen LogP contribution in [0.4, 0.5) is 0 Å². The lowest BCUT2D eigenvalue weighted by Crippen LogP contribution is -2.48. The summed E-state index contributed by atoms with van der Waals surface area (Å²) in [6, 6.07) is 0. The molecule has 0 spiro atoms. The van der Waals surface area contributed by atoms with Crippen LogP contribution in [0.25, 0.3) is 0 Å². The van der Waals surface area contributed by atoms with Crippen molar-refractivity contribution in [1.82, 2.24) is 0 Å². The van der Waals surface area contributed by atoms with Gasteiger partial charge < -0.3 is 11.5 Å². The van der Waals surface area contributed by atoms with Crippen LogP contribution in [0.15, 0.2) is 0 Å². The Morgan fingerprint density at radius 1 is 1.15 bits per heavy atom. The van der Waals surface area contributed by atoms with Gasteiger partial charge in [-0.1, -0.05) is 27.2 Å². The quantitative estimate of drug-likeness (QED) is 0.810. The van der Waals surface area contributed by atoms with Crippen LogP contribution in [-0.4, -0.2) is 12.1 Å². The fourth-order valence-electron chi connectivity index (χ4n) is 1.64. The van der Waals surface area contributed by atoms with Crippen LogP contribution in [0.3, 0.4) is 0 Å². The molecule has 4 N–H and O–H groups in total. The van der Waals surface area contributed by atoms with E-state index in [4.69, 9.17) is 11.5 Å². The smallest absolute Gasteiger partial charge is 0.0189 e. The fourth-order valence-corrected chi connectivity index (χ4v) is 1.64. The lowest BCUT2D eigenvalue weighted by atomic mass is 9.79. The van der Waals surface area contributed by atoms with Crippen LogP contribution in [0, 0.1) is 5.92 Å². The Morgan fingerprint density at radius 2 is 1.54 bits per heavy atom. The van der Waals surface area contributed by atoms with Crippen LogP contribution >= 0.6 is 29.4 Å². The summed E-state index contributed by atoms with van der Waals surface area (Å²) in [5.41, 5.74) is 11.8. The van der Waals surface area contributed by atoms with Gasteiger partial charge in [-0.15, -0.1) is 29.4 Å². The van der Waals surface area contributed by atoms with Gasteiger partial charge in [0, 0.05) is 5.54 Å². The molecule has 1 unspecified atom stereocenters. The maximum atomic E-state index is 6.18. The number of hydrogen-bond donors (Lipinski definition) is 2. The van der Waals surface area contributed by atoms with E-state index in [1.165, 1.54) is 0 Å². The van der Waals surface area contributed by atoms with Gasteiger partial charge in [-0.25, -0.2) is 0 Å². The van der Waals surface area contributed by atoms with Crippen molar-refractivity contribution in [2.45, 2.75) is 45.6 Å². The van der Waals surface area contributed by atoms with Crippen LogP contribution < -0.4 is 11.5 Å². The van der Waals surface area contributed by atoms with Gasteiger partial charge in [0.25, 0.3) is 0 Å². The van der Waals surface area contributed by atoms with Crippen LogP contribution in [-0.2, 0) is 0 Å². The van der Waals surface area contributed by atoms with Crippen molar-refractivity contribution in [2.75, 3.05) is 6.54 Å². The summed E-state index contributed by atoms with van der Waals surface area (Å²) in [5.74, 6) is 0.484. The van der Waals surface area contributed by atoms with E-state index in [0.717, 1.165) is 19.3 Å². The molecule has 0 aromatic carbocycles. The molecule has 0 radical (unpaired) electrons. The lowest BCUT2D eigenvalue weighted by Gasteiger charge is -2.34. The molecule has 0 saturated carbocycles. The summed E-state index contributed by atoms with van der Waals surface area (Å²) in [7, 11) is 0. The van der Waals surface area contributed by atoms with Gasteiger partial charge in [0.1, 0.15) is 0 Å².